The molecule has 3 aliphatic heterocycles. The Morgan fingerprint density at radius 3 is 1.80 bits per heavy atom. The molecule has 2 aromatic carbocycles. The highest BCUT2D eigenvalue weighted by Gasteiger charge is 2.55. The fourth-order valence-corrected chi connectivity index (χ4v) is 5.41. The summed E-state index contributed by atoms with van der Waals surface area (Å²) in [6.07, 6.45) is 2.48. The van der Waals surface area contributed by atoms with Crippen LogP contribution >= 0.6 is 0 Å². The minimum absolute atomic E-state index is 0.280. The lowest BCUT2D eigenvalue weighted by atomic mass is 9.64. The van der Waals surface area contributed by atoms with Gasteiger partial charge in [-0.2, -0.15) is 0 Å². The molecule has 2 aromatic rings. The van der Waals surface area contributed by atoms with Gasteiger partial charge in [0.05, 0.1) is 25.7 Å². The SMILES string of the molecule is CC(C)[N+]12CCC(CC1)[C@@H](C(O)(c1ccccc1)c1ccccc1)C2. The summed E-state index contributed by atoms with van der Waals surface area (Å²) >= 11 is 0. The second kappa shape index (κ2) is 6.26. The number of fused-ring (bicyclic) bond motifs is 3. The number of nitrogens with zero attached hydrogens (tertiary/aromatic N) is 1. The molecule has 0 aliphatic carbocycles. The Balaban J connectivity index is 1.82. The van der Waals surface area contributed by atoms with Crippen LogP contribution in [-0.4, -0.2) is 35.3 Å². The Kier molecular flexibility index (Phi) is 4.21. The van der Waals surface area contributed by atoms with E-state index in [4.69, 9.17) is 0 Å². The van der Waals surface area contributed by atoms with Gasteiger partial charge in [-0.05, 0) is 30.9 Å². The van der Waals surface area contributed by atoms with Gasteiger partial charge in [0.15, 0.2) is 0 Å². The smallest absolute Gasteiger partial charge is 0.123 e. The van der Waals surface area contributed by atoms with E-state index in [2.05, 4.69) is 62.4 Å². The highest BCUT2D eigenvalue weighted by molar-refractivity contribution is 5.37. The summed E-state index contributed by atoms with van der Waals surface area (Å²) in [4.78, 5) is 0. The molecule has 132 valence electrons. The monoisotopic (exact) mass is 336 g/mol. The Hall–Kier alpha value is -1.64. The Labute approximate surface area is 151 Å². The highest BCUT2D eigenvalue weighted by atomic mass is 16.3. The molecular formula is C23H30NO+. The van der Waals surface area contributed by atoms with Crippen LogP contribution in [0.4, 0.5) is 0 Å². The lowest BCUT2D eigenvalue weighted by Gasteiger charge is -2.58. The van der Waals surface area contributed by atoms with Gasteiger partial charge in [-0.3, -0.25) is 0 Å². The third-order valence-electron chi connectivity index (χ3n) is 7.08. The van der Waals surface area contributed by atoms with E-state index < -0.39 is 5.60 Å². The van der Waals surface area contributed by atoms with Gasteiger partial charge >= 0.3 is 0 Å². The zero-order chi connectivity index (χ0) is 17.5. The van der Waals surface area contributed by atoms with Crippen LogP contribution in [0.25, 0.3) is 0 Å². The first-order valence-electron chi connectivity index (χ1n) is 9.75. The zero-order valence-electron chi connectivity index (χ0n) is 15.4. The summed E-state index contributed by atoms with van der Waals surface area (Å²) in [5.74, 6) is 0.895. The maximum absolute atomic E-state index is 12.2. The maximum Gasteiger partial charge on any atom is 0.123 e. The highest BCUT2D eigenvalue weighted by Crippen LogP contribution is 2.49. The first-order chi connectivity index (χ1) is 12.1. The van der Waals surface area contributed by atoms with Crippen LogP contribution in [0.15, 0.2) is 60.7 Å². The van der Waals surface area contributed by atoms with Crippen LogP contribution < -0.4 is 0 Å². The fourth-order valence-electron chi connectivity index (χ4n) is 5.41. The Bertz CT molecular complexity index is 662. The van der Waals surface area contributed by atoms with E-state index in [0.29, 0.717) is 12.0 Å². The van der Waals surface area contributed by atoms with Gasteiger partial charge in [-0.1, -0.05) is 60.7 Å². The number of hydrogen-bond acceptors (Lipinski definition) is 1. The van der Waals surface area contributed by atoms with Gasteiger partial charge in [0.2, 0.25) is 0 Å². The molecule has 0 spiro atoms. The Morgan fingerprint density at radius 1 is 0.880 bits per heavy atom. The van der Waals surface area contributed by atoms with E-state index >= 15 is 0 Å². The minimum atomic E-state index is -0.896. The molecule has 0 saturated carbocycles. The summed E-state index contributed by atoms with van der Waals surface area (Å²) in [6, 6.07) is 21.3. The standard InChI is InChI=1S/C23H30NO/c1-18(2)24-15-13-19(14-16-24)22(17-24)23(25,20-9-5-3-6-10-20)21-11-7-4-8-12-21/h3-12,18-19,22,25H,13-17H2,1-2H3/q+1/t19?,22-,24?/m0/s1. The maximum atomic E-state index is 12.2. The number of aliphatic hydroxyl groups is 1. The molecule has 1 atom stereocenters. The first-order valence-corrected chi connectivity index (χ1v) is 9.75. The third-order valence-corrected chi connectivity index (χ3v) is 7.08. The van der Waals surface area contributed by atoms with E-state index in [1.54, 1.807) is 0 Å². The van der Waals surface area contributed by atoms with Crippen molar-refractivity contribution in [1.82, 2.24) is 0 Å². The van der Waals surface area contributed by atoms with Crippen molar-refractivity contribution in [2.45, 2.75) is 38.3 Å². The molecule has 0 radical (unpaired) electrons. The fraction of sp³-hybridized carbons (Fsp3) is 0.478. The van der Waals surface area contributed by atoms with Crippen LogP contribution in [0.2, 0.25) is 0 Å². The van der Waals surface area contributed by atoms with Crippen molar-refractivity contribution in [1.29, 1.82) is 0 Å². The molecule has 0 amide bonds. The molecule has 3 fully saturated rings. The number of quaternary nitrogens is 1. The topological polar surface area (TPSA) is 20.2 Å². The molecule has 2 heteroatoms. The lowest BCUT2D eigenvalue weighted by molar-refractivity contribution is -0.966. The second-order valence-electron chi connectivity index (χ2n) is 8.38. The van der Waals surface area contributed by atoms with Crippen molar-refractivity contribution in [3.8, 4) is 0 Å². The average Bonchev–Trinajstić information content (AvgIpc) is 2.69. The number of benzene rings is 2. The molecule has 5 rings (SSSR count). The minimum Gasteiger partial charge on any atom is -0.380 e. The van der Waals surface area contributed by atoms with E-state index in [1.165, 1.54) is 30.4 Å². The number of rotatable bonds is 4. The van der Waals surface area contributed by atoms with Crippen molar-refractivity contribution in [2.75, 3.05) is 19.6 Å². The summed E-state index contributed by atoms with van der Waals surface area (Å²) in [5.41, 5.74) is 1.19. The normalized spacial score (nSPS) is 29.1. The Morgan fingerprint density at radius 2 is 1.36 bits per heavy atom. The van der Waals surface area contributed by atoms with Crippen LogP contribution in [0.1, 0.15) is 37.8 Å². The lowest BCUT2D eigenvalue weighted by Crippen LogP contribution is -2.67. The molecule has 3 saturated heterocycles. The van der Waals surface area contributed by atoms with Gasteiger partial charge < -0.3 is 9.59 Å². The number of piperidine rings is 3. The molecule has 2 bridgehead atoms. The van der Waals surface area contributed by atoms with Crippen LogP contribution in [0, 0.1) is 11.8 Å². The molecular weight excluding hydrogens is 306 g/mol. The predicted octanol–water partition coefficient (Wildman–Crippen LogP) is 4.19. The molecule has 3 aliphatic rings. The zero-order valence-corrected chi connectivity index (χ0v) is 15.4. The number of hydrogen-bond donors (Lipinski definition) is 1. The molecule has 3 heterocycles. The van der Waals surface area contributed by atoms with Crippen LogP contribution in [0.5, 0.6) is 0 Å². The first kappa shape index (κ1) is 16.8. The summed E-state index contributed by atoms with van der Waals surface area (Å²) < 4.78 is 1.17. The summed E-state index contributed by atoms with van der Waals surface area (Å²) in [6.45, 7) is 8.35. The molecule has 0 aromatic heterocycles. The molecule has 25 heavy (non-hydrogen) atoms. The summed E-state index contributed by atoms with van der Waals surface area (Å²) in [7, 11) is 0. The van der Waals surface area contributed by atoms with Gasteiger partial charge in [-0.15, -0.1) is 0 Å². The van der Waals surface area contributed by atoms with Gasteiger partial charge in [0, 0.05) is 18.8 Å². The van der Waals surface area contributed by atoms with E-state index in [1.807, 2.05) is 12.1 Å². The molecule has 0 unspecified atom stereocenters. The van der Waals surface area contributed by atoms with E-state index in [-0.39, 0.29) is 5.92 Å². The molecule has 2 nitrogen and oxygen atoms in total. The largest absolute Gasteiger partial charge is 0.380 e. The summed E-state index contributed by atoms with van der Waals surface area (Å²) in [5, 5.41) is 12.2. The van der Waals surface area contributed by atoms with Crippen molar-refractivity contribution < 1.29 is 9.59 Å². The van der Waals surface area contributed by atoms with Crippen LogP contribution in [0.3, 0.4) is 0 Å². The quantitative estimate of drug-likeness (QED) is 0.830. The van der Waals surface area contributed by atoms with Crippen molar-refractivity contribution >= 4 is 0 Å². The van der Waals surface area contributed by atoms with Crippen molar-refractivity contribution in [3.63, 3.8) is 0 Å². The van der Waals surface area contributed by atoms with Gasteiger partial charge in [0.1, 0.15) is 5.60 Å². The van der Waals surface area contributed by atoms with Gasteiger partial charge in [0.25, 0.3) is 0 Å². The second-order valence-corrected chi connectivity index (χ2v) is 8.38. The van der Waals surface area contributed by atoms with E-state index in [0.717, 1.165) is 17.7 Å². The average molecular weight is 336 g/mol. The van der Waals surface area contributed by atoms with Crippen molar-refractivity contribution in [2.24, 2.45) is 11.8 Å². The van der Waals surface area contributed by atoms with E-state index in [9.17, 15) is 5.11 Å². The van der Waals surface area contributed by atoms with Crippen LogP contribution in [-0.2, 0) is 5.60 Å². The third kappa shape index (κ3) is 2.63. The predicted molar refractivity (Wildman–Crippen MR) is 102 cm³/mol. The molecule has 1 N–H and O–H groups in total. The van der Waals surface area contributed by atoms with Gasteiger partial charge in [-0.25, -0.2) is 0 Å². The van der Waals surface area contributed by atoms with Crippen molar-refractivity contribution in [3.05, 3.63) is 71.8 Å².